The predicted molar refractivity (Wildman–Crippen MR) is 89.2 cm³/mol. The fourth-order valence-corrected chi connectivity index (χ4v) is 2.85. The van der Waals surface area contributed by atoms with E-state index >= 15 is 0 Å². The molecule has 2 aromatic rings. The van der Waals surface area contributed by atoms with E-state index in [1.807, 2.05) is 0 Å². The summed E-state index contributed by atoms with van der Waals surface area (Å²) in [5.41, 5.74) is 1.50. The van der Waals surface area contributed by atoms with Crippen LogP contribution in [0.1, 0.15) is 25.8 Å². The molecular formula is C19H27N. The molecule has 0 radical (unpaired) electrons. The molecular weight excluding hydrogens is 242 g/mol. The Labute approximate surface area is 123 Å². The van der Waals surface area contributed by atoms with Gasteiger partial charge >= 0.3 is 0 Å². The zero-order chi connectivity index (χ0) is 14.5. The van der Waals surface area contributed by atoms with Crippen LogP contribution in [-0.2, 0) is 6.42 Å². The molecule has 0 fully saturated rings. The van der Waals surface area contributed by atoms with Gasteiger partial charge in [0.25, 0.3) is 0 Å². The van der Waals surface area contributed by atoms with Gasteiger partial charge in [0, 0.05) is 0 Å². The smallest absolute Gasteiger partial charge is 0.00220 e. The highest BCUT2D eigenvalue weighted by molar-refractivity contribution is 5.85. The number of fused-ring (bicyclic) bond motifs is 1. The van der Waals surface area contributed by atoms with Gasteiger partial charge in [-0.25, -0.2) is 0 Å². The van der Waals surface area contributed by atoms with Crippen molar-refractivity contribution in [2.24, 2.45) is 11.8 Å². The molecule has 0 spiro atoms. The van der Waals surface area contributed by atoms with Crippen molar-refractivity contribution >= 4 is 10.8 Å². The zero-order valence-electron chi connectivity index (χ0n) is 13.3. The molecule has 1 nitrogen and oxygen atoms in total. The second-order valence-electron chi connectivity index (χ2n) is 6.44. The molecule has 1 heteroatoms. The minimum Gasteiger partial charge on any atom is -0.309 e. The molecule has 0 aliphatic heterocycles. The third-order valence-corrected chi connectivity index (χ3v) is 4.25. The second-order valence-corrected chi connectivity index (χ2v) is 6.44. The van der Waals surface area contributed by atoms with Crippen molar-refractivity contribution in [2.75, 3.05) is 20.6 Å². The fourth-order valence-electron chi connectivity index (χ4n) is 2.85. The van der Waals surface area contributed by atoms with E-state index in [-0.39, 0.29) is 0 Å². The summed E-state index contributed by atoms with van der Waals surface area (Å²) in [6.45, 7) is 5.88. The van der Waals surface area contributed by atoms with Crippen molar-refractivity contribution in [2.45, 2.75) is 26.7 Å². The van der Waals surface area contributed by atoms with Crippen LogP contribution < -0.4 is 0 Å². The van der Waals surface area contributed by atoms with Crippen LogP contribution in [0.5, 0.6) is 0 Å². The molecule has 0 N–H and O–H groups in total. The summed E-state index contributed by atoms with van der Waals surface area (Å²) in [6.07, 6.45) is 2.46. The van der Waals surface area contributed by atoms with E-state index in [1.54, 1.807) is 0 Å². The van der Waals surface area contributed by atoms with Crippen molar-refractivity contribution in [1.82, 2.24) is 4.90 Å². The summed E-state index contributed by atoms with van der Waals surface area (Å²) in [7, 11) is 4.32. The molecule has 0 aromatic heterocycles. The summed E-state index contributed by atoms with van der Waals surface area (Å²) < 4.78 is 0. The first-order chi connectivity index (χ1) is 9.58. The van der Waals surface area contributed by atoms with Crippen LogP contribution in [0, 0.1) is 11.8 Å². The predicted octanol–water partition coefficient (Wildman–Crippen LogP) is 4.61. The lowest BCUT2D eigenvalue weighted by atomic mass is 9.85. The van der Waals surface area contributed by atoms with Gasteiger partial charge in [0.05, 0.1) is 0 Å². The maximum absolute atomic E-state index is 2.35. The minimum absolute atomic E-state index is 0.730. The molecule has 0 saturated heterocycles. The molecule has 0 saturated carbocycles. The number of hydrogen-bond donors (Lipinski definition) is 0. The minimum atomic E-state index is 0.730. The molecule has 20 heavy (non-hydrogen) atoms. The zero-order valence-corrected chi connectivity index (χ0v) is 13.3. The molecule has 0 heterocycles. The maximum Gasteiger partial charge on any atom is -0.00220 e. The summed E-state index contributed by atoms with van der Waals surface area (Å²) in [6, 6.07) is 15.4. The van der Waals surface area contributed by atoms with Crippen molar-refractivity contribution in [3.8, 4) is 0 Å². The normalized spacial score (nSPS) is 13.3. The van der Waals surface area contributed by atoms with Gasteiger partial charge in [-0.05, 0) is 61.7 Å². The highest BCUT2D eigenvalue weighted by atomic mass is 15.0. The largest absolute Gasteiger partial charge is 0.309 e. The Kier molecular flexibility index (Phi) is 5.19. The number of hydrogen-bond acceptors (Lipinski definition) is 1. The SMILES string of the molecule is CC(C)C(CCN(C)C)Cc1cccc2ccccc12. The molecule has 0 amide bonds. The van der Waals surface area contributed by atoms with Gasteiger partial charge in [0.2, 0.25) is 0 Å². The lowest BCUT2D eigenvalue weighted by molar-refractivity contribution is 0.297. The van der Waals surface area contributed by atoms with Crippen LogP contribution in [0.2, 0.25) is 0 Å². The van der Waals surface area contributed by atoms with E-state index in [4.69, 9.17) is 0 Å². The third kappa shape index (κ3) is 3.83. The van der Waals surface area contributed by atoms with Crippen molar-refractivity contribution < 1.29 is 0 Å². The Morgan fingerprint density at radius 2 is 1.65 bits per heavy atom. The summed E-state index contributed by atoms with van der Waals surface area (Å²) >= 11 is 0. The van der Waals surface area contributed by atoms with Crippen LogP contribution in [-0.4, -0.2) is 25.5 Å². The first-order valence-corrected chi connectivity index (χ1v) is 7.69. The first-order valence-electron chi connectivity index (χ1n) is 7.69. The van der Waals surface area contributed by atoms with Crippen LogP contribution in [0.25, 0.3) is 10.8 Å². The summed E-state index contributed by atoms with van der Waals surface area (Å²) in [5, 5.41) is 2.78. The van der Waals surface area contributed by atoms with E-state index in [9.17, 15) is 0 Å². The second kappa shape index (κ2) is 6.90. The molecule has 1 atom stereocenters. The molecule has 2 aromatic carbocycles. The van der Waals surface area contributed by atoms with E-state index in [2.05, 4.69) is 75.3 Å². The van der Waals surface area contributed by atoms with Gasteiger partial charge in [-0.15, -0.1) is 0 Å². The highest BCUT2D eigenvalue weighted by Crippen LogP contribution is 2.26. The van der Waals surface area contributed by atoms with Crippen LogP contribution in [0.4, 0.5) is 0 Å². The monoisotopic (exact) mass is 269 g/mol. The molecule has 108 valence electrons. The Hall–Kier alpha value is -1.34. The highest BCUT2D eigenvalue weighted by Gasteiger charge is 2.15. The van der Waals surface area contributed by atoms with Gasteiger partial charge in [0.1, 0.15) is 0 Å². The third-order valence-electron chi connectivity index (χ3n) is 4.25. The Balaban J connectivity index is 2.20. The van der Waals surface area contributed by atoms with Gasteiger partial charge in [0.15, 0.2) is 0 Å². The van der Waals surface area contributed by atoms with Crippen LogP contribution in [0.3, 0.4) is 0 Å². The standard InChI is InChI=1S/C19H27N/c1-15(2)17(12-13-20(3)4)14-18-10-7-9-16-8-5-6-11-19(16)18/h5-11,15,17H,12-14H2,1-4H3. The molecule has 0 aliphatic rings. The average Bonchev–Trinajstić information content (AvgIpc) is 2.43. The van der Waals surface area contributed by atoms with Gasteiger partial charge < -0.3 is 4.90 Å². The van der Waals surface area contributed by atoms with E-state index in [0.29, 0.717) is 0 Å². The molecule has 0 aliphatic carbocycles. The number of nitrogens with zero attached hydrogens (tertiary/aromatic N) is 1. The van der Waals surface area contributed by atoms with Crippen molar-refractivity contribution in [3.05, 3.63) is 48.0 Å². The maximum atomic E-state index is 2.35. The Morgan fingerprint density at radius 3 is 2.35 bits per heavy atom. The van der Waals surface area contributed by atoms with Crippen molar-refractivity contribution in [1.29, 1.82) is 0 Å². The van der Waals surface area contributed by atoms with Gasteiger partial charge in [-0.3, -0.25) is 0 Å². The lowest BCUT2D eigenvalue weighted by Crippen LogP contribution is -2.21. The van der Waals surface area contributed by atoms with E-state index < -0.39 is 0 Å². The van der Waals surface area contributed by atoms with Gasteiger partial charge in [-0.2, -0.15) is 0 Å². The van der Waals surface area contributed by atoms with Crippen LogP contribution >= 0.6 is 0 Å². The van der Waals surface area contributed by atoms with E-state index in [0.717, 1.165) is 11.8 Å². The average molecular weight is 269 g/mol. The Morgan fingerprint density at radius 1 is 0.950 bits per heavy atom. The molecule has 0 bridgehead atoms. The molecule has 1 unspecified atom stereocenters. The van der Waals surface area contributed by atoms with Crippen LogP contribution in [0.15, 0.2) is 42.5 Å². The Bertz CT molecular complexity index is 537. The number of rotatable bonds is 6. The summed E-state index contributed by atoms with van der Waals surface area (Å²) in [5.74, 6) is 1.48. The van der Waals surface area contributed by atoms with Gasteiger partial charge in [-0.1, -0.05) is 56.3 Å². The van der Waals surface area contributed by atoms with E-state index in [1.165, 1.54) is 35.7 Å². The fraction of sp³-hybridized carbons (Fsp3) is 0.474. The molecule has 2 rings (SSSR count). The topological polar surface area (TPSA) is 3.24 Å². The first kappa shape index (κ1) is 15.1. The lowest BCUT2D eigenvalue weighted by Gasteiger charge is -2.23. The van der Waals surface area contributed by atoms with Crippen molar-refractivity contribution in [3.63, 3.8) is 0 Å². The quantitative estimate of drug-likeness (QED) is 0.740. The summed E-state index contributed by atoms with van der Waals surface area (Å²) in [4.78, 5) is 2.29. The number of benzene rings is 2.